The van der Waals surface area contributed by atoms with Crippen molar-refractivity contribution in [1.29, 1.82) is 0 Å². The molecule has 2 aromatic rings. The highest BCUT2D eigenvalue weighted by molar-refractivity contribution is 7.89. The van der Waals surface area contributed by atoms with E-state index in [-0.39, 0.29) is 16.3 Å². The molecule has 1 aromatic carbocycles. The largest absolute Gasteiger partial charge is 0.478 e. The van der Waals surface area contributed by atoms with E-state index in [2.05, 4.69) is 5.32 Å². The standard InChI is InChI=1S/C12H11ClN2O5S/c13-9-4-10(15-5-7-1-2-20-6-7)8(12(16)17)3-11(9)21(14,18)19/h1-4,6,15H,5H2,(H,16,17)(H2,14,18,19). The van der Waals surface area contributed by atoms with E-state index in [9.17, 15) is 13.2 Å². The van der Waals surface area contributed by atoms with Crippen molar-refractivity contribution in [3.05, 3.63) is 46.9 Å². The van der Waals surface area contributed by atoms with Crippen LogP contribution >= 0.6 is 11.6 Å². The lowest BCUT2D eigenvalue weighted by Crippen LogP contribution is -2.15. The summed E-state index contributed by atoms with van der Waals surface area (Å²) in [6.45, 7) is 0.293. The molecule has 0 saturated heterocycles. The number of carboxylic acids is 1. The van der Waals surface area contributed by atoms with Gasteiger partial charge in [-0.3, -0.25) is 0 Å². The van der Waals surface area contributed by atoms with E-state index in [4.69, 9.17) is 26.3 Å². The molecular weight excluding hydrogens is 320 g/mol. The van der Waals surface area contributed by atoms with Gasteiger partial charge in [0.05, 0.1) is 28.8 Å². The Morgan fingerprint density at radius 1 is 1.43 bits per heavy atom. The topological polar surface area (TPSA) is 123 Å². The lowest BCUT2D eigenvalue weighted by Gasteiger charge is -2.11. The third-order valence-corrected chi connectivity index (χ3v) is 4.05. The van der Waals surface area contributed by atoms with Gasteiger partial charge in [-0.05, 0) is 18.2 Å². The van der Waals surface area contributed by atoms with Crippen LogP contribution < -0.4 is 10.5 Å². The number of hydrogen-bond acceptors (Lipinski definition) is 5. The Kier molecular flexibility index (Phi) is 4.21. The fourth-order valence-corrected chi connectivity index (χ4v) is 2.78. The van der Waals surface area contributed by atoms with Gasteiger partial charge in [0, 0.05) is 12.1 Å². The Morgan fingerprint density at radius 2 is 2.14 bits per heavy atom. The minimum Gasteiger partial charge on any atom is -0.478 e. The van der Waals surface area contributed by atoms with Crippen LogP contribution in [0.25, 0.3) is 0 Å². The van der Waals surface area contributed by atoms with Gasteiger partial charge in [-0.15, -0.1) is 0 Å². The van der Waals surface area contributed by atoms with Crippen molar-refractivity contribution in [1.82, 2.24) is 0 Å². The van der Waals surface area contributed by atoms with E-state index in [0.717, 1.165) is 11.6 Å². The Balaban J connectivity index is 2.41. The van der Waals surface area contributed by atoms with Gasteiger partial charge < -0.3 is 14.8 Å². The van der Waals surface area contributed by atoms with Crippen LogP contribution in [0.1, 0.15) is 15.9 Å². The van der Waals surface area contributed by atoms with Crippen molar-refractivity contribution in [3.8, 4) is 0 Å². The number of benzene rings is 1. The zero-order chi connectivity index (χ0) is 15.6. The number of nitrogens with two attached hydrogens (primary N) is 1. The fraction of sp³-hybridized carbons (Fsp3) is 0.0833. The second-order valence-corrected chi connectivity index (χ2v) is 6.10. The van der Waals surface area contributed by atoms with Gasteiger partial charge in [-0.2, -0.15) is 0 Å². The average molecular weight is 331 g/mol. The van der Waals surface area contributed by atoms with Crippen molar-refractivity contribution >= 4 is 33.3 Å². The molecule has 1 aromatic heterocycles. The molecule has 1 heterocycles. The van der Waals surface area contributed by atoms with Crippen LogP contribution in [0.2, 0.25) is 5.02 Å². The number of aromatic carboxylic acids is 1. The molecule has 0 fully saturated rings. The summed E-state index contributed by atoms with van der Waals surface area (Å²) in [7, 11) is -4.10. The summed E-state index contributed by atoms with van der Waals surface area (Å²) < 4.78 is 27.6. The molecule has 4 N–H and O–H groups in total. The molecule has 0 saturated carbocycles. The van der Waals surface area contributed by atoms with Crippen LogP contribution in [-0.2, 0) is 16.6 Å². The third-order valence-electron chi connectivity index (χ3n) is 2.67. The van der Waals surface area contributed by atoms with Gasteiger partial charge in [-0.1, -0.05) is 11.6 Å². The third kappa shape index (κ3) is 3.54. The van der Waals surface area contributed by atoms with Gasteiger partial charge in [0.25, 0.3) is 0 Å². The zero-order valence-corrected chi connectivity index (χ0v) is 12.1. The van der Waals surface area contributed by atoms with Crippen LogP contribution in [0.4, 0.5) is 5.69 Å². The number of rotatable bonds is 5. The zero-order valence-electron chi connectivity index (χ0n) is 10.5. The van der Waals surface area contributed by atoms with Crippen molar-refractivity contribution < 1.29 is 22.7 Å². The number of carbonyl (C=O) groups is 1. The van der Waals surface area contributed by atoms with Gasteiger partial charge >= 0.3 is 5.97 Å². The normalized spacial score (nSPS) is 11.3. The number of hydrogen-bond donors (Lipinski definition) is 3. The highest BCUT2D eigenvalue weighted by Crippen LogP contribution is 2.28. The van der Waals surface area contributed by atoms with E-state index in [1.54, 1.807) is 6.07 Å². The number of nitrogens with one attached hydrogen (secondary N) is 1. The lowest BCUT2D eigenvalue weighted by molar-refractivity contribution is 0.0697. The Hall–Kier alpha value is -2.03. The molecular formula is C12H11ClN2O5S. The molecule has 2 rings (SSSR count). The maximum absolute atomic E-state index is 11.4. The van der Waals surface area contributed by atoms with Gasteiger partial charge in [0.1, 0.15) is 4.90 Å². The predicted octanol–water partition coefficient (Wildman–Crippen LogP) is 1.89. The summed E-state index contributed by atoms with van der Waals surface area (Å²) in [5.74, 6) is -1.30. The van der Waals surface area contributed by atoms with Crippen molar-refractivity contribution in [3.63, 3.8) is 0 Å². The van der Waals surface area contributed by atoms with Crippen LogP contribution in [0.15, 0.2) is 40.0 Å². The molecule has 0 radical (unpaired) electrons. The highest BCUT2D eigenvalue weighted by atomic mass is 35.5. The maximum Gasteiger partial charge on any atom is 0.337 e. The lowest BCUT2D eigenvalue weighted by atomic mass is 10.1. The molecule has 0 spiro atoms. The molecule has 0 aliphatic rings. The molecule has 0 aliphatic heterocycles. The van der Waals surface area contributed by atoms with Gasteiger partial charge in [-0.25, -0.2) is 18.4 Å². The molecule has 0 bridgehead atoms. The van der Waals surface area contributed by atoms with Crippen LogP contribution in [-0.4, -0.2) is 19.5 Å². The smallest absolute Gasteiger partial charge is 0.337 e. The number of anilines is 1. The summed E-state index contributed by atoms with van der Waals surface area (Å²) in [5.41, 5.74) is 0.728. The summed E-state index contributed by atoms with van der Waals surface area (Å²) in [6.07, 6.45) is 2.97. The molecule has 9 heteroatoms. The summed E-state index contributed by atoms with van der Waals surface area (Å²) >= 11 is 5.84. The first-order valence-electron chi connectivity index (χ1n) is 5.63. The Labute approximate surface area is 125 Å². The average Bonchev–Trinajstić information content (AvgIpc) is 2.87. The van der Waals surface area contributed by atoms with Crippen LogP contribution in [0, 0.1) is 0 Å². The van der Waals surface area contributed by atoms with E-state index in [1.165, 1.54) is 18.6 Å². The summed E-state index contributed by atoms with van der Waals surface area (Å²) in [5, 5.41) is 16.9. The summed E-state index contributed by atoms with van der Waals surface area (Å²) in [6, 6.07) is 3.84. The van der Waals surface area contributed by atoms with Crippen molar-refractivity contribution in [2.45, 2.75) is 11.4 Å². The minimum atomic E-state index is -4.10. The highest BCUT2D eigenvalue weighted by Gasteiger charge is 2.20. The summed E-state index contributed by atoms with van der Waals surface area (Å²) in [4.78, 5) is 10.8. The van der Waals surface area contributed by atoms with Gasteiger partial charge in [0.2, 0.25) is 10.0 Å². The van der Waals surface area contributed by atoms with Crippen molar-refractivity contribution in [2.75, 3.05) is 5.32 Å². The fourth-order valence-electron chi connectivity index (χ4n) is 1.69. The van der Waals surface area contributed by atoms with E-state index in [0.29, 0.717) is 6.54 Å². The SMILES string of the molecule is NS(=O)(=O)c1cc(C(=O)O)c(NCc2ccoc2)cc1Cl. The van der Waals surface area contributed by atoms with E-state index >= 15 is 0 Å². The predicted molar refractivity (Wildman–Crippen MR) is 75.8 cm³/mol. The van der Waals surface area contributed by atoms with Crippen LogP contribution in [0.5, 0.6) is 0 Å². The monoisotopic (exact) mass is 330 g/mol. The first-order chi connectivity index (χ1) is 9.79. The van der Waals surface area contributed by atoms with E-state index in [1.807, 2.05) is 0 Å². The number of primary sulfonamides is 1. The number of halogens is 1. The molecule has 0 aliphatic carbocycles. The molecule has 21 heavy (non-hydrogen) atoms. The second-order valence-electron chi connectivity index (χ2n) is 4.16. The Morgan fingerprint density at radius 3 is 2.67 bits per heavy atom. The molecule has 0 atom stereocenters. The van der Waals surface area contributed by atoms with Gasteiger partial charge in [0.15, 0.2) is 0 Å². The number of sulfonamides is 1. The number of furan rings is 1. The molecule has 112 valence electrons. The maximum atomic E-state index is 11.4. The molecule has 0 unspecified atom stereocenters. The quantitative estimate of drug-likeness (QED) is 0.769. The Bertz CT molecular complexity index is 771. The molecule has 0 amide bonds. The first kappa shape index (κ1) is 15.4. The van der Waals surface area contributed by atoms with Crippen LogP contribution in [0.3, 0.4) is 0 Å². The molecule has 7 nitrogen and oxygen atoms in total. The van der Waals surface area contributed by atoms with E-state index < -0.39 is 20.9 Å². The minimum absolute atomic E-state index is 0.155. The number of carboxylic acid groups (broad SMARTS) is 1. The van der Waals surface area contributed by atoms with Crippen molar-refractivity contribution in [2.24, 2.45) is 5.14 Å². The first-order valence-corrected chi connectivity index (χ1v) is 7.56. The second kappa shape index (κ2) is 5.76.